The average Bonchev–Trinajstić information content (AvgIpc) is 3.02. The lowest BCUT2D eigenvalue weighted by molar-refractivity contribution is -0.145. The summed E-state index contributed by atoms with van der Waals surface area (Å²) in [5.74, 6) is -0.270. The third-order valence-corrected chi connectivity index (χ3v) is 3.95. The third kappa shape index (κ3) is 4.41. The number of benzene rings is 2. The molecule has 0 saturated carbocycles. The summed E-state index contributed by atoms with van der Waals surface area (Å²) >= 11 is 0. The molecule has 124 valence electrons. The van der Waals surface area contributed by atoms with E-state index in [1.165, 1.54) is 10.4 Å². The SMILES string of the molecule is O=C(CCCCCCc1ccccc1)On1nnc2ccccc21. The van der Waals surface area contributed by atoms with Gasteiger partial charge in [0.2, 0.25) is 0 Å². The van der Waals surface area contributed by atoms with Crippen molar-refractivity contribution in [2.24, 2.45) is 0 Å². The second-order valence-corrected chi connectivity index (χ2v) is 5.81. The average molecular weight is 323 g/mol. The van der Waals surface area contributed by atoms with Crippen LogP contribution in [-0.4, -0.2) is 21.1 Å². The van der Waals surface area contributed by atoms with E-state index in [-0.39, 0.29) is 5.97 Å². The Balaban J connectivity index is 1.34. The molecule has 0 aliphatic heterocycles. The first-order chi connectivity index (χ1) is 11.8. The van der Waals surface area contributed by atoms with Gasteiger partial charge in [-0.25, -0.2) is 4.79 Å². The molecule has 0 saturated heterocycles. The van der Waals surface area contributed by atoms with E-state index in [0.717, 1.165) is 32.1 Å². The first-order valence-electron chi connectivity index (χ1n) is 8.38. The van der Waals surface area contributed by atoms with Crippen LogP contribution in [0.4, 0.5) is 0 Å². The highest BCUT2D eigenvalue weighted by Crippen LogP contribution is 2.10. The molecule has 0 atom stereocenters. The Morgan fingerprint density at radius 2 is 1.67 bits per heavy atom. The zero-order chi connectivity index (χ0) is 16.6. The smallest absolute Gasteiger partial charge is 0.317 e. The Bertz CT molecular complexity index is 783. The highest BCUT2D eigenvalue weighted by Gasteiger charge is 2.09. The number of carbonyl (C=O) groups excluding carboxylic acids is 1. The molecule has 5 heteroatoms. The van der Waals surface area contributed by atoms with Crippen LogP contribution in [0.25, 0.3) is 11.0 Å². The highest BCUT2D eigenvalue weighted by atomic mass is 16.7. The molecular weight excluding hydrogens is 302 g/mol. The van der Waals surface area contributed by atoms with Crippen molar-refractivity contribution in [1.29, 1.82) is 0 Å². The number of para-hydroxylation sites is 1. The molecule has 0 aliphatic carbocycles. The van der Waals surface area contributed by atoms with Gasteiger partial charge in [0.25, 0.3) is 0 Å². The van der Waals surface area contributed by atoms with Crippen LogP contribution in [0.3, 0.4) is 0 Å². The summed E-state index contributed by atoms with van der Waals surface area (Å²) in [5, 5.41) is 7.81. The monoisotopic (exact) mass is 323 g/mol. The van der Waals surface area contributed by atoms with E-state index in [4.69, 9.17) is 4.84 Å². The minimum absolute atomic E-state index is 0.270. The predicted octanol–water partition coefficient (Wildman–Crippen LogP) is 3.58. The first-order valence-corrected chi connectivity index (χ1v) is 8.38. The number of rotatable bonds is 8. The second kappa shape index (κ2) is 8.24. The molecule has 1 aromatic heterocycles. The first kappa shape index (κ1) is 16.2. The Kier molecular flexibility index (Phi) is 5.56. The summed E-state index contributed by atoms with van der Waals surface area (Å²) in [7, 11) is 0. The van der Waals surface area contributed by atoms with Crippen LogP contribution < -0.4 is 4.84 Å². The van der Waals surface area contributed by atoms with Crippen molar-refractivity contribution in [2.75, 3.05) is 0 Å². The molecule has 0 N–H and O–H groups in total. The molecular formula is C19H21N3O2. The fourth-order valence-corrected chi connectivity index (χ4v) is 2.65. The maximum Gasteiger partial charge on any atom is 0.335 e. The number of hydrogen-bond acceptors (Lipinski definition) is 4. The van der Waals surface area contributed by atoms with Gasteiger partial charge < -0.3 is 4.84 Å². The number of hydrogen-bond donors (Lipinski definition) is 0. The van der Waals surface area contributed by atoms with Gasteiger partial charge in [-0.05, 0) is 42.2 Å². The van der Waals surface area contributed by atoms with Gasteiger partial charge in [0.05, 0.1) is 0 Å². The molecule has 2 aromatic carbocycles. The maximum absolute atomic E-state index is 11.9. The molecule has 0 amide bonds. The van der Waals surface area contributed by atoms with Crippen LogP contribution in [-0.2, 0) is 11.2 Å². The number of unbranched alkanes of at least 4 members (excludes halogenated alkanes) is 3. The number of aromatic nitrogens is 3. The van der Waals surface area contributed by atoms with Gasteiger partial charge >= 0.3 is 5.97 Å². The topological polar surface area (TPSA) is 57.0 Å². The van der Waals surface area contributed by atoms with Crippen LogP contribution in [0.1, 0.15) is 37.7 Å². The Hall–Kier alpha value is -2.69. The summed E-state index contributed by atoms with van der Waals surface area (Å²) in [6.45, 7) is 0. The van der Waals surface area contributed by atoms with Gasteiger partial charge in [0.15, 0.2) is 0 Å². The Morgan fingerprint density at radius 3 is 2.54 bits per heavy atom. The van der Waals surface area contributed by atoms with E-state index in [9.17, 15) is 4.79 Å². The summed E-state index contributed by atoms with van der Waals surface area (Å²) in [5.41, 5.74) is 2.79. The van der Waals surface area contributed by atoms with E-state index in [0.29, 0.717) is 17.5 Å². The maximum atomic E-state index is 11.9. The summed E-state index contributed by atoms with van der Waals surface area (Å²) < 4.78 is 0. The highest BCUT2D eigenvalue weighted by molar-refractivity contribution is 5.75. The van der Waals surface area contributed by atoms with Gasteiger partial charge in [-0.2, -0.15) is 0 Å². The molecule has 0 bridgehead atoms. The van der Waals surface area contributed by atoms with Crippen molar-refractivity contribution >= 4 is 17.0 Å². The Morgan fingerprint density at radius 1 is 0.917 bits per heavy atom. The van der Waals surface area contributed by atoms with Gasteiger partial charge in [-0.3, -0.25) is 0 Å². The number of carbonyl (C=O) groups is 1. The number of aryl methyl sites for hydroxylation is 1. The van der Waals surface area contributed by atoms with Crippen LogP contribution in [0.5, 0.6) is 0 Å². The fraction of sp³-hybridized carbons (Fsp3) is 0.316. The van der Waals surface area contributed by atoms with Crippen LogP contribution in [0.2, 0.25) is 0 Å². The lowest BCUT2D eigenvalue weighted by Crippen LogP contribution is -2.20. The summed E-state index contributed by atoms with van der Waals surface area (Å²) in [6.07, 6.45) is 5.62. The van der Waals surface area contributed by atoms with E-state index in [2.05, 4.69) is 34.6 Å². The number of fused-ring (bicyclic) bond motifs is 1. The van der Waals surface area contributed by atoms with Crippen molar-refractivity contribution in [1.82, 2.24) is 15.2 Å². The largest absolute Gasteiger partial charge is 0.335 e. The van der Waals surface area contributed by atoms with Crippen LogP contribution in [0, 0.1) is 0 Å². The van der Waals surface area contributed by atoms with Crippen molar-refractivity contribution in [2.45, 2.75) is 38.5 Å². The Labute approximate surface area is 141 Å². The molecule has 24 heavy (non-hydrogen) atoms. The van der Waals surface area contributed by atoms with E-state index < -0.39 is 0 Å². The molecule has 0 spiro atoms. The van der Waals surface area contributed by atoms with E-state index in [1.807, 2.05) is 30.3 Å². The van der Waals surface area contributed by atoms with Crippen molar-refractivity contribution in [3.63, 3.8) is 0 Å². The van der Waals surface area contributed by atoms with Crippen molar-refractivity contribution in [3.05, 3.63) is 60.2 Å². The third-order valence-electron chi connectivity index (χ3n) is 3.95. The lowest BCUT2D eigenvalue weighted by Gasteiger charge is -2.04. The zero-order valence-corrected chi connectivity index (χ0v) is 13.6. The van der Waals surface area contributed by atoms with Crippen molar-refractivity contribution < 1.29 is 9.63 Å². The van der Waals surface area contributed by atoms with E-state index in [1.54, 1.807) is 0 Å². The molecule has 3 aromatic rings. The van der Waals surface area contributed by atoms with Crippen LogP contribution >= 0.6 is 0 Å². The van der Waals surface area contributed by atoms with Crippen molar-refractivity contribution in [3.8, 4) is 0 Å². The van der Waals surface area contributed by atoms with E-state index >= 15 is 0 Å². The summed E-state index contributed by atoms with van der Waals surface area (Å²) in [4.78, 5) is 18.3. The molecule has 1 heterocycles. The second-order valence-electron chi connectivity index (χ2n) is 5.81. The molecule has 0 unspecified atom stereocenters. The van der Waals surface area contributed by atoms with Gasteiger partial charge in [-0.15, -0.1) is 5.10 Å². The zero-order valence-electron chi connectivity index (χ0n) is 13.6. The molecule has 5 nitrogen and oxygen atoms in total. The molecule has 0 aliphatic rings. The number of nitrogens with zero attached hydrogens (tertiary/aromatic N) is 3. The molecule has 0 radical (unpaired) electrons. The fourth-order valence-electron chi connectivity index (χ4n) is 2.65. The minimum Gasteiger partial charge on any atom is -0.317 e. The normalized spacial score (nSPS) is 10.8. The van der Waals surface area contributed by atoms with Crippen LogP contribution in [0.15, 0.2) is 54.6 Å². The van der Waals surface area contributed by atoms with Gasteiger partial charge in [0.1, 0.15) is 11.0 Å². The molecule has 0 fully saturated rings. The quantitative estimate of drug-likeness (QED) is 0.470. The molecule has 3 rings (SSSR count). The van der Waals surface area contributed by atoms with Gasteiger partial charge in [-0.1, -0.05) is 60.2 Å². The summed E-state index contributed by atoms with van der Waals surface area (Å²) in [6, 6.07) is 17.9. The lowest BCUT2D eigenvalue weighted by atomic mass is 10.1. The standard InChI is InChI=1S/C19H21N3O2/c23-19(24-22-18-14-9-8-13-17(18)20-21-22)15-7-2-1-4-10-16-11-5-3-6-12-16/h3,5-6,8-9,11-14H,1-2,4,7,10,15H2. The minimum atomic E-state index is -0.270. The predicted molar refractivity (Wildman–Crippen MR) is 92.3 cm³/mol. The van der Waals surface area contributed by atoms with Gasteiger partial charge in [0, 0.05) is 6.42 Å².